The monoisotopic (exact) mass is 369 g/mol. The van der Waals surface area contributed by atoms with Crippen LogP contribution in [0.15, 0.2) is 36.7 Å². The molecule has 0 bridgehead atoms. The van der Waals surface area contributed by atoms with Crippen LogP contribution < -0.4 is 0 Å². The minimum atomic E-state index is -0.674. The molecule has 0 unspecified atom stereocenters. The number of benzene rings is 1. The molecule has 4 rings (SSSR count). The number of nitrogens with zero attached hydrogens (tertiary/aromatic N) is 4. The lowest BCUT2D eigenvalue weighted by Gasteiger charge is -2.17. The van der Waals surface area contributed by atoms with Gasteiger partial charge in [-0.2, -0.15) is 5.10 Å². The maximum Gasteiger partial charge on any atom is 0.274 e. The van der Waals surface area contributed by atoms with E-state index in [9.17, 15) is 9.90 Å². The fourth-order valence-electron chi connectivity index (χ4n) is 3.44. The predicted molar refractivity (Wildman–Crippen MR) is 99.3 cm³/mol. The van der Waals surface area contributed by atoms with Gasteiger partial charge in [0.1, 0.15) is 11.8 Å². The van der Waals surface area contributed by atoms with Gasteiger partial charge in [0.05, 0.1) is 41.8 Å². The van der Waals surface area contributed by atoms with Gasteiger partial charge in [0, 0.05) is 13.1 Å². The summed E-state index contributed by atoms with van der Waals surface area (Å²) in [6.07, 6.45) is 0.746. The van der Waals surface area contributed by atoms with Gasteiger partial charge >= 0.3 is 0 Å². The van der Waals surface area contributed by atoms with Crippen molar-refractivity contribution >= 4 is 16.9 Å². The highest BCUT2D eigenvalue weighted by Gasteiger charge is 2.36. The zero-order chi connectivity index (χ0) is 19.0. The highest BCUT2D eigenvalue weighted by atomic mass is 16.5. The molecule has 3 aromatic rings. The van der Waals surface area contributed by atoms with Crippen LogP contribution >= 0.6 is 0 Å². The van der Waals surface area contributed by atoms with Crippen LogP contribution in [0.2, 0.25) is 0 Å². The summed E-state index contributed by atoms with van der Waals surface area (Å²) in [5, 5.41) is 17.2. The average Bonchev–Trinajstić information content (AvgIpc) is 3.35. The number of ether oxygens (including phenoxy) is 1. The maximum atomic E-state index is 12.7. The molecule has 1 aliphatic rings. The standard InChI is InChI=1S/C19H23N5O3/c1-12(2)27-18-10-23(9-17(18)25)19(26)15-7-13(21-22-15)8-24-11-20-14-5-3-4-6-16(14)24/h3-7,11-12,17-18,25H,8-10H2,1-2H3,(H,21,22)/t17-,18-/m1/s1. The Balaban J connectivity index is 1.45. The summed E-state index contributed by atoms with van der Waals surface area (Å²) in [6.45, 7) is 4.99. The van der Waals surface area contributed by atoms with Crippen molar-refractivity contribution in [2.45, 2.75) is 38.7 Å². The Labute approximate surface area is 156 Å². The van der Waals surface area contributed by atoms with Crippen LogP contribution in [0, 0.1) is 0 Å². The van der Waals surface area contributed by atoms with Crippen molar-refractivity contribution in [2.24, 2.45) is 0 Å². The van der Waals surface area contributed by atoms with E-state index in [1.165, 1.54) is 0 Å². The molecule has 8 nitrogen and oxygen atoms in total. The third-order valence-corrected chi connectivity index (χ3v) is 4.69. The summed E-state index contributed by atoms with van der Waals surface area (Å²) >= 11 is 0. The Bertz CT molecular complexity index is 948. The van der Waals surface area contributed by atoms with E-state index in [1.807, 2.05) is 42.7 Å². The van der Waals surface area contributed by atoms with Crippen molar-refractivity contribution in [1.82, 2.24) is 24.6 Å². The quantitative estimate of drug-likeness (QED) is 0.709. The van der Waals surface area contributed by atoms with Gasteiger partial charge in [-0.15, -0.1) is 0 Å². The average molecular weight is 369 g/mol. The van der Waals surface area contributed by atoms with Gasteiger partial charge in [-0.05, 0) is 32.0 Å². The number of aliphatic hydroxyl groups excluding tert-OH is 1. The van der Waals surface area contributed by atoms with Gasteiger partial charge < -0.3 is 19.3 Å². The molecule has 0 aliphatic carbocycles. The molecule has 27 heavy (non-hydrogen) atoms. The van der Waals surface area contributed by atoms with Crippen LogP contribution in [0.25, 0.3) is 11.0 Å². The second-order valence-electron chi connectivity index (χ2n) is 7.14. The smallest absolute Gasteiger partial charge is 0.274 e. The third kappa shape index (κ3) is 3.58. The van der Waals surface area contributed by atoms with Gasteiger partial charge in [0.25, 0.3) is 5.91 Å². The molecule has 8 heteroatoms. The highest BCUT2D eigenvalue weighted by Crippen LogP contribution is 2.18. The zero-order valence-corrected chi connectivity index (χ0v) is 15.4. The molecule has 0 radical (unpaired) electrons. The summed E-state index contributed by atoms with van der Waals surface area (Å²) in [5.41, 5.74) is 3.11. The maximum absolute atomic E-state index is 12.7. The number of carbonyl (C=O) groups is 1. The van der Waals surface area contributed by atoms with E-state index in [-0.39, 0.29) is 24.7 Å². The number of likely N-dealkylation sites (tertiary alicyclic amines) is 1. The lowest BCUT2D eigenvalue weighted by molar-refractivity contribution is -0.0394. The number of aromatic nitrogens is 4. The van der Waals surface area contributed by atoms with Crippen molar-refractivity contribution in [1.29, 1.82) is 0 Å². The number of hydrogen-bond acceptors (Lipinski definition) is 5. The number of H-pyrrole nitrogens is 1. The number of nitrogens with one attached hydrogen (secondary N) is 1. The van der Waals surface area contributed by atoms with Gasteiger partial charge in [-0.3, -0.25) is 9.89 Å². The number of rotatable bonds is 5. The SMILES string of the molecule is CC(C)O[C@@H]1CN(C(=O)c2cc(Cn3cnc4ccccc43)[nH]n2)C[C@H]1O. The molecule has 0 spiro atoms. The van der Waals surface area contributed by atoms with E-state index in [4.69, 9.17) is 4.74 Å². The van der Waals surface area contributed by atoms with E-state index in [0.29, 0.717) is 18.8 Å². The van der Waals surface area contributed by atoms with Gasteiger partial charge in [-0.1, -0.05) is 12.1 Å². The van der Waals surface area contributed by atoms with Crippen LogP contribution in [0.4, 0.5) is 0 Å². The lowest BCUT2D eigenvalue weighted by atomic mass is 10.2. The first-order chi connectivity index (χ1) is 13.0. The largest absolute Gasteiger partial charge is 0.388 e. The second kappa shape index (κ2) is 7.13. The Morgan fingerprint density at radius 3 is 3.00 bits per heavy atom. The fourth-order valence-corrected chi connectivity index (χ4v) is 3.44. The normalized spacial score (nSPS) is 20.1. The van der Waals surface area contributed by atoms with Crippen LogP contribution in [0.3, 0.4) is 0 Å². The summed E-state index contributed by atoms with van der Waals surface area (Å²) in [4.78, 5) is 18.7. The zero-order valence-electron chi connectivity index (χ0n) is 15.4. The first-order valence-electron chi connectivity index (χ1n) is 9.08. The summed E-state index contributed by atoms with van der Waals surface area (Å²) < 4.78 is 7.68. The molecule has 1 aliphatic heterocycles. The van der Waals surface area contributed by atoms with E-state index >= 15 is 0 Å². The van der Waals surface area contributed by atoms with E-state index in [0.717, 1.165) is 16.7 Å². The molecule has 2 atom stereocenters. The fraction of sp³-hybridized carbons (Fsp3) is 0.421. The second-order valence-corrected chi connectivity index (χ2v) is 7.14. The van der Waals surface area contributed by atoms with E-state index < -0.39 is 6.10 Å². The minimum Gasteiger partial charge on any atom is -0.388 e. The summed E-state index contributed by atoms with van der Waals surface area (Å²) in [5.74, 6) is -0.207. The van der Waals surface area contributed by atoms with Crippen molar-refractivity contribution in [2.75, 3.05) is 13.1 Å². The Hall–Kier alpha value is -2.71. The first-order valence-corrected chi connectivity index (χ1v) is 9.08. The molecule has 1 fully saturated rings. The van der Waals surface area contributed by atoms with Crippen LogP contribution in [0.5, 0.6) is 0 Å². The molecular weight excluding hydrogens is 346 g/mol. The van der Waals surface area contributed by atoms with E-state index in [2.05, 4.69) is 15.2 Å². The molecule has 1 amide bonds. The molecule has 2 aromatic heterocycles. The van der Waals surface area contributed by atoms with E-state index in [1.54, 1.807) is 17.3 Å². The summed E-state index contributed by atoms with van der Waals surface area (Å²) in [7, 11) is 0. The number of para-hydroxylation sites is 2. The molecule has 3 heterocycles. The van der Waals surface area contributed by atoms with Gasteiger partial charge in [-0.25, -0.2) is 4.98 Å². The van der Waals surface area contributed by atoms with Crippen LogP contribution in [0.1, 0.15) is 30.0 Å². The predicted octanol–water partition coefficient (Wildman–Crippen LogP) is 1.42. The molecule has 2 N–H and O–H groups in total. The topological polar surface area (TPSA) is 96.3 Å². The summed E-state index contributed by atoms with van der Waals surface area (Å²) in [6, 6.07) is 9.64. The highest BCUT2D eigenvalue weighted by molar-refractivity contribution is 5.92. The molecule has 0 saturated carbocycles. The van der Waals surface area contributed by atoms with Crippen LogP contribution in [-0.2, 0) is 11.3 Å². The first kappa shape index (κ1) is 17.7. The molecule has 1 saturated heterocycles. The van der Waals surface area contributed by atoms with Crippen molar-refractivity contribution < 1.29 is 14.6 Å². The lowest BCUT2D eigenvalue weighted by Crippen LogP contribution is -2.31. The Morgan fingerprint density at radius 1 is 1.37 bits per heavy atom. The number of aliphatic hydroxyl groups is 1. The Kier molecular flexibility index (Phi) is 4.67. The van der Waals surface area contributed by atoms with Crippen molar-refractivity contribution in [3.63, 3.8) is 0 Å². The molecule has 1 aromatic carbocycles. The number of amides is 1. The number of β-amino-alcohol motifs (C(OH)–C–C–N with tert-alkyl or cyclic N) is 1. The number of hydrogen-bond donors (Lipinski definition) is 2. The number of carbonyl (C=O) groups excluding carboxylic acids is 1. The minimum absolute atomic E-state index is 0.00157. The van der Waals surface area contributed by atoms with Crippen LogP contribution in [-0.4, -0.2) is 67.1 Å². The van der Waals surface area contributed by atoms with Gasteiger partial charge in [0.2, 0.25) is 0 Å². The molecular formula is C19H23N5O3. The third-order valence-electron chi connectivity index (χ3n) is 4.69. The van der Waals surface area contributed by atoms with Gasteiger partial charge in [0.15, 0.2) is 0 Å². The number of aromatic amines is 1. The number of imidazole rings is 1. The molecule has 142 valence electrons. The number of fused-ring (bicyclic) bond motifs is 1. The van der Waals surface area contributed by atoms with Crippen molar-refractivity contribution in [3.05, 3.63) is 48.0 Å². The Morgan fingerprint density at radius 2 is 2.19 bits per heavy atom. The van der Waals surface area contributed by atoms with Crippen molar-refractivity contribution in [3.8, 4) is 0 Å².